The predicted octanol–water partition coefficient (Wildman–Crippen LogP) is 3.05. The van der Waals surface area contributed by atoms with Crippen molar-refractivity contribution in [2.75, 3.05) is 18.0 Å². The number of nitrogens with zero attached hydrogens (tertiary/aromatic N) is 2. The summed E-state index contributed by atoms with van der Waals surface area (Å²) < 4.78 is 0. The van der Waals surface area contributed by atoms with Gasteiger partial charge in [0.25, 0.3) is 0 Å². The van der Waals surface area contributed by atoms with Gasteiger partial charge in [0.15, 0.2) is 0 Å². The van der Waals surface area contributed by atoms with Gasteiger partial charge in [-0.1, -0.05) is 30.3 Å². The zero-order valence-electron chi connectivity index (χ0n) is 11.1. The van der Waals surface area contributed by atoms with Gasteiger partial charge in [-0.15, -0.1) is 0 Å². The average molecular weight is 268 g/mol. The quantitative estimate of drug-likeness (QED) is 0.929. The first-order valence-electron chi connectivity index (χ1n) is 6.80. The Kier molecular flexibility index (Phi) is 3.37. The fourth-order valence-electron chi connectivity index (χ4n) is 2.55. The van der Waals surface area contributed by atoms with E-state index in [9.17, 15) is 9.90 Å². The van der Waals surface area contributed by atoms with Gasteiger partial charge >= 0.3 is 5.97 Å². The molecule has 1 fully saturated rings. The molecule has 0 bridgehead atoms. The monoisotopic (exact) mass is 268 g/mol. The van der Waals surface area contributed by atoms with Crippen molar-refractivity contribution in [2.45, 2.75) is 12.8 Å². The van der Waals surface area contributed by atoms with Crippen molar-refractivity contribution in [1.82, 2.24) is 4.98 Å². The van der Waals surface area contributed by atoms with Crippen LogP contribution in [0.15, 0.2) is 42.5 Å². The van der Waals surface area contributed by atoms with E-state index in [1.807, 2.05) is 30.3 Å². The third-order valence-corrected chi connectivity index (χ3v) is 3.58. The minimum Gasteiger partial charge on any atom is -0.478 e. The van der Waals surface area contributed by atoms with Crippen LogP contribution in [0.2, 0.25) is 0 Å². The standard InChI is InChI=1S/C16H16N2O2/c19-16(20)13-8-9-14(12-6-2-1-3-7-12)17-15(13)18-10-4-5-11-18/h1-3,6-9H,4-5,10-11H2,(H,19,20). The minimum atomic E-state index is -0.918. The van der Waals surface area contributed by atoms with E-state index in [0.717, 1.165) is 37.2 Å². The van der Waals surface area contributed by atoms with Crippen LogP contribution in [0.5, 0.6) is 0 Å². The molecule has 102 valence electrons. The summed E-state index contributed by atoms with van der Waals surface area (Å²) >= 11 is 0. The highest BCUT2D eigenvalue weighted by molar-refractivity contribution is 5.94. The Morgan fingerprint density at radius 3 is 2.40 bits per heavy atom. The van der Waals surface area contributed by atoms with Gasteiger partial charge in [-0.3, -0.25) is 0 Å². The van der Waals surface area contributed by atoms with E-state index in [1.54, 1.807) is 12.1 Å². The number of hydrogen-bond donors (Lipinski definition) is 1. The van der Waals surface area contributed by atoms with Crippen LogP contribution >= 0.6 is 0 Å². The number of carboxylic acid groups (broad SMARTS) is 1. The van der Waals surface area contributed by atoms with Gasteiger partial charge in [0.05, 0.1) is 5.69 Å². The second kappa shape index (κ2) is 5.33. The zero-order valence-corrected chi connectivity index (χ0v) is 11.1. The number of aromatic nitrogens is 1. The maximum absolute atomic E-state index is 11.4. The molecule has 4 heteroatoms. The van der Waals surface area contributed by atoms with Crippen molar-refractivity contribution in [2.24, 2.45) is 0 Å². The van der Waals surface area contributed by atoms with Gasteiger partial charge in [-0.05, 0) is 25.0 Å². The van der Waals surface area contributed by atoms with Crippen LogP contribution in [-0.2, 0) is 0 Å². The Morgan fingerprint density at radius 1 is 1.05 bits per heavy atom. The Balaban J connectivity index is 2.06. The second-order valence-corrected chi connectivity index (χ2v) is 4.93. The molecule has 1 aliphatic heterocycles. The molecule has 2 aromatic rings. The van der Waals surface area contributed by atoms with Crippen molar-refractivity contribution in [3.8, 4) is 11.3 Å². The third kappa shape index (κ3) is 2.37. The fourth-order valence-corrected chi connectivity index (χ4v) is 2.55. The molecule has 3 rings (SSSR count). The Bertz CT molecular complexity index is 620. The van der Waals surface area contributed by atoms with E-state index in [4.69, 9.17) is 0 Å². The fraction of sp³-hybridized carbons (Fsp3) is 0.250. The molecular weight excluding hydrogens is 252 g/mol. The molecule has 2 heterocycles. The number of hydrogen-bond acceptors (Lipinski definition) is 3. The number of pyridine rings is 1. The number of benzene rings is 1. The normalized spacial score (nSPS) is 14.5. The molecule has 4 nitrogen and oxygen atoms in total. The molecule has 1 saturated heterocycles. The molecule has 0 atom stereocenters. The molecule has 0 spiro atoms. The van der Waals surface area contributed by atoms with Crippen LogP contribution in [0.25, 0.3) is 11.3 Å². The SMILES string of the molecule is O=C(O)c1ccc(-c2ccccc2)nc1N1CCCC1. The third-order valence-electron chi connectivity index (χ3n) is 3.58. The first kappa shape index (κ1) is 12.7. The first-order chi connectivity index (χ1) is 9.75. The maximum Gasteiger partial charge on any atom is 0.339 e. The zero-order chi connectivity index (χ0) is 13.9. The highest BCUT2D eigenvalue weighted by Crippen LogP contribution is 2.26. The van der Waals surface area contributed by atoms with Crippen LogP contribution in [0.4, 0.5) is 5.82 Å². The van der Waals surface area contributed by atoms with Crippen molar-refractivity contribution in [3.05, 3.63) is 48.0 Å². The number of aromatic carboxylic acids is 1. The van der Waals surface area contributed by atoms with Crippen molar-refractivity contribution in [3.63, 3.8) is 0 Å². The van der Waals surface area contributed by atoms with Crippen molar-refractivity contribution in [1.29, 1.82) is 0 Å². The van der Waals surface area contributed by atoms with E-state index >= 15 is 0 Å². The molecular formula is C16H16N2O2. The summed E-state index contributed by atoms with van der Waals surface area (Å²) in [6.07, 6.45) is 2.19. The first-order valence-corrected chi connectivity index (χ1v) is 6.80. The van der Waals surface area contributed by atoms with Gasteiger partial charge < -0.3 is 10.0 Å². The molecule has 0 aliphatic carbocycles. The largest absolute Gasteiger partial charge is 0.478 e. The summed E-state index contributed by atoms with van der Waals surface area (Å²) in [6, 6.07) is 13.3. The number of carboxylic acids is 1. The number of carbonyl (C=O) groups is 1. The summed E-state index contributed by atoms with van der Waals surface area (Å²) in [5.74, 6) is -0.324. The Morgan fingerprint density at radius 2 is 1.75 bits per heavy atom. The predicted molar refractivity (Wildman–Crippen MR) is 78.1 cm³/mol. The molecule has 0 saturated carbocycles. The van der Waals surface area contributed by atoms with Crippen LogP contribution in [0.3, 0.4) is 0 Å². The summed E-state index contributed by atoms with van der Waals surface area (Å²) in [6.45, 7) is 1.76. The smallest absolute Gasteiger partial charge is 0.339 e. The van der Waals surface area contributed by atoms with Crippen LogP contribution < -0.4 is 4.90 Å². The van der Waals surface area contributed by atoms with Crippen LogP contribution in [0, 0.1) is 0 Å². The summed E-state index contributed by atoms with van der Waals surface area (Å²) in [4.78, 5) is 18.0. The molecule has 0 amide bonds. The van der Waals surface area contributed by atoms with Crippen LogP contribution in [0.1, 0.15) is 23.2 Å². The molecule has 20 heavy (non-hydrogen) atoms. The number of rotatable bonds is 3. The van der Waals surface area contributed by atoms with Gasteiger partial charge in [-0.25, -0.2) is 9.78 Å². The highest BCUT2D eigenvalue weighted by atomic mass is 16.4. The lowest BCUT2D eigenvalue weighted by Gasteiger charge is -2.19. The molecule has 0 unspecified atom stereocenters. The second-order valence-electron chi connectivity index (χ2n) is 4.93. The van der Waals surface area contributed by atoms with Gasteiger partial charge in [0, 0.05) is 18.7 Å². The van der Waals surface area contributed by atoms with Crippen molar-refractivity contribution < 1.29 is 9.90 Å². The topological polar surface area (TPSA) is 53.4 Å². The van der Waals surface area contributed by atoms with Gasteiger partial charge in [-0.2, -0.15) is 0 Å². The van der Waals surface area contributed by atoms with E-state index in [-0.39, 0.29) is 5.56 Å². The number of anilines is 1. The molecule has 0 radical (unpaired) electrons. The maximum atomic E-state index is 11.4. The molecule has 1 aliphatic rings. The van der Waals surface area contributed by atoms with Gasteiger partial charge in [0.1, 0.15) is 11.4 Å². The van der Waals surface area contributed by atoms with Crippen LogP contribution in [-0.4, -0.2) is 29.1 Å². The lowest BCUT2D eigenvalue weighted by molar-refractivity contribution is 0.0697. The lowest BCUT2D eigenvalue weighted by atomic mass is 10.1. The van der Waals surface area contributed by atoms with E-state index in [0.29, 0.717) is 5.82 Å². The Hall–Kier alpha value is -2.36. The van der Waals surface area contributed by atoms with Gasteiger partial charge in [0.2, 0.25) is 0 Å². The molecule has 1 aromatic heterocycles. The van der Waals surface area contributed by atoms with E-state index < -0.39 is 5.97 Å². The summed E-state index contributed by atoms with van der Waals surface area (Å²) in [5.41, 5.74) is 2.11. The minimum absolute atomic E-state index is 0.284. The summed E-state index contributed by atoms with van der Waals surface area (Å²) in [5, 5.41) is 9.32. The highest BCUT2D eigenvalue weighted by Gasteiger charge is 2.21. The van der Waals surface area contributed by atoms with E-state index in [1.165, 1.54) is 0 Å². The Labute approximate surface area is 117 Å². The molecule has 1 aromatic carbocycles. The average Bonchev–Trinajstić information content (AvgIpc) is 3.01. The van der Waals surface area contributed by atoms with E-state index in [2.05, 4.69) is 9.88 Å². The van der Waals surface area contributed by atoms with Crippen molar-refractivity contribution >= 4 is 11.8 Å². The summed E-state index contributed by atoms with van der Waals surface area (Å²) in [7, 11) is 0. The lowest BCUT2D eigenvalue weighted by Crippen LogP contribution is -2.22. The molecule has 1 N–H and O–H groups in total.